The summed E-state index contributed by atoms with van der Waals surface area (Å²) in [5.74, 6) is -1.52. The number of pyridine rings is 1. The summed E-state index contributed by atoms with van der Waals surface area (Å²) in [5, 5.41) is 22.4. The van der Waals surface area contributed by atoms with Crippen LogP contribution in [0.3, 0.4) is 0 Å². The quantitative estimate of drug-likeness (QED) is 0.583. The molecule has 0 saturated carbocycles. The molecule has 1 heterocycles. The van der Waals surface area contributed by atoms with Crippen LogP contribution in [0.5, 0.6) is 0 Å². The van der Waals surface area contributed by atoms with E-state index in [9.17, 15) is 19.7 Å². The van der Waals surface area contributed by atoms with Crippen LogP contribution < -0.4 is 10.2 Å². The Morgan fingerprint density at radius 2 is 2.14 bits per heavy atom. The molecule has 9 heteroatoms. The molecular formula is C12H16N4O5. The van der Waals surface area contributed by atoms with Gasteiger partial charge >= 0.3 is 11.7 Å². The highest BCUT2D eigenvalue weighted by molar-refractivity contribution is 5.93. The number of nitrogens with one attached hydrogen (secondary N) is 1. The third-order valence-corrected chi connectivity index (χ3v) is 2.52. The molecule has 0 aliphatic rings. The molecule has 0 atom stereocenters. The van der Waals surface area contributed by atoms with Crippen LogP contribution in [0, 0.1) is 10.1 Å². The Bertz CT molecular complexity index is 573. The molecule has 0 unspecified atom stereocenters. The molecule has 1 rings (SSSR count). The van der Waals surface area contributed by atoms with Gasteiger partial charge in [-0.3, -0.25) is 14.9 Å². The van der Waals surface area contributed by atoms with Gasteiger partial charge in [0.1, 0.15) is 17.6 Å². The maximum atomic E-state index is 11.6. The average molecular weight is 296 g/mol. The van der Waals surface area contributed by atoms with E-state index < -0.39 is 22.1 Å². The second-order valence-electron chi connectivity index (χ2n) is 4.70. The van der Waals surface area contributed by atoms with Gasteiger partial charge in [-0.15, -0.1) is 0 Å². The second kappa shape index (κ2) is 6.64. The molecule has 1 aromatic rings. The number of amides is 1. The van der Waals surface area contributed by atoms with Gasteiger partial charge in [-0.2, -0.15) is 0 Å². The van der Waals surface area contributed by atoms with Crippen LogP contribution in [-0.4, -0.2) is 46.5 Å². The molecule has 0 aromatic carbocycles. The lowest BCUT2D eigenvalue weighted by Gasteiger charge is -2.18. The fraction of sp³-hybridized carbons (Fsp3) is 0.417. The third-order valence-electron chi connectivity index (χ3n) is 2.52. The van der Waals surface area contributed by atoms with Crippen molar-refractivity contribution in [2.45, 2.75) is 19.9 Å². The first-order valence-corrected chi connectivity index (χ1v) is 6.10. The number of carboxylic acid groups (broad SMARTS) is 1. The number of anilines is 1. The van der Waals surface area contributed by atoms with Crippen LogP contribution in [0.1, 0.15) is 24.2 Å². The van der Waals surface area contributed by atoms with E-state index in [1.54, 1.807) is 7.05 Å². The summed E-state index contributed by atoms with van der Waals surface area (Å²) in [6.07, 6.45) is 0.871. The number of rotatable bonds is 6. The van der Waals surface area contributed by atoms with E-state index in [0.29, 0.717) is 0 Å². The minimum Gasteiger partial charge on any atom is -0.477 e. The molecule has 9 nitrogen and oxygen atoms in total. The van der Waals surface area contributed by atoms with E-state index in [4.69, 9.17) is 5.11 Å². The molecule has 0 spiro atoms. The zero-order chi connectivity index (χ0) is 16.2. The summed E-state index contributed by atoms with van der Waals surface area (Å²) in [4.78, 5) is 37.8. The summed E-state index contributed by atoms with van der Waals surface area (Å²) >= 11 is 0. The van der Waals surface area contributed by atoms with Crippen LogP contribution in [0.15, 0.2) is 12.3 Å². The highest BCUT2D eigenvalue weighted by atomic mass is 16.6. The highest BCUT2D eigenvalue weighted by Gasteiger charge is 2.22. The van der Waals surface area contributed by atoms with Gasteiger partial charge in [-0.1, -0.05) is 0 Å². The molecular weight excluding hydrogens is 280 g/mol. The molecule has 0 aliphatic heterocycles. The number of hydrogen-bond donors (Lipinski definition) is 2. The number of likely N-dealkylation sites (N-methyl/N-ethyl adjacent to an activating group) is 1. The molecule has 1 amide bonds. The number of carbonyl (C=O) groups excluding carboxylic acids is 1. The zero-order valence-electron chi connectivity index (χ0n) is 11.9. The van der Waals surface area contributed by atoms with Crippen LogP contribution in [0.2, 0.25) is 0 Å². The van der Waals surface area contributed by atoms with Gasteiger partial charge in [-0.25, -0.2) is 9.78 Å². The second-order valence-corrected chi connectivity index (χ2v) is 4.70. The minimum atomic E-state index is -1.43. The molecule has 0 bridgehead atoms. The Morgan fingerprint density at radius 3 is 2.62 bits per heavy atom. The summed E-state index contributed by atoms with van der Waals surface area (Å²) < 4.78 is 0. The van der Waals surface area contributed by atoms with Gasteiger partial charge in [0.2, 0.25) is 5.91 Å². The molecule has 114 valence electrons. The number of hydrogen-bond acceptors (Lipinski definition) is 6. The lowest BCUT2D eigenvalue weighted by molar-refractivity contribution is -0.385. The molecule has 0 radical (unpaired) electrons. The van der Waals surface area contributed by atoms with E-state index in [1.165, 1.54) is 4.90 Å². The standard InChI is InChI=1S/C12H16N4O5/c1-7(2)14-11(17)6-15(3)10-4-8(12(18)19)9(5-13-10)16(20)21/h4-5,7H,6H2,1-3H3,(H,14,17)(H,18,19). The van der Waals surface area contributed by atoms with Crippen molar-refractivity contribution < 1.29 is 19.6 Å². The first kappa shape index (κ1) is 16.3. The van der Waals surface area contributed by atoms with E-state index in [0.717, 1.165) is 12.3 Å². The molecule has 0 fully saturated rings. The van der Waals surface area contributed by atoms with E-state index >= 15 is 0 Å². The number of nitro groups is 1. The Hall–Kier alpha value is -2.71. The largest absolute Gasteiger partial charge is 0.477 e. The van der Waals surface area contributed by atoms with Crippen molar-refractivity contribution in [1.29, 1.82) is 0 Å². The third kappa shape index (κ3) is 4.41. The van der Waals surface area contributed by atoms with Gasteiger partial charge < -0.3 is 15.3 Å². The molecule has 2 N–H and O–H groups in total. The average Bonchev–Trinajstić information content (AvgIpc) is 2.36. The van der Waals surface area contributed by atoms with Crippen molar-refractivity contribution in [1.82, 2.24) is 10.3 Å². The van der Waals surface area contributed by atoms with Crippen LogP contribution in [0.4, 0.5) is 11.5 Å². The molecule has 1 aromatic heterocycles. The Labute approximate surface area is 120 Å². The fourth-order valence-electron chi connectivity index (χ4n) is 1.63. The Morgan fingerprint density at radius 1 is 1.52 bits per heavy atom. The fourth-order valence-corrected chi connectivity index (χ4v) is 1.63. The van der Waals surface area contributed by atoms with Crippen molar-refractivity contribution in [2.24, 2.45) is 0 Å². The Balaban J connectivity index is 2.98. The first-order chi connectivity index (χ1) is 9.72. The van der Waals surface area contributed by atoms with Crippen molar-refractivity contribution in [3.05, 3.63) is 27.9 Å². The van der Waals surface area contributed by atoms with Crippen LogP contribution in [0.25, 0.3) is 0 Å². The minimum absolute atomic E-state index is 0.0229. The molecule has 0 aliphatic carbocycles. The number of nitrogens with zero attached hydrogens (tertiary/aromatic N) is 3. The van der Waals surface area contributed by atoms with Crippen molar-refractivity contribution in [2.75, 3.05) is 18.5 Å². The summed E-state index contributed by atoms with van der Waals surface area (Å²) in [6, 6.07) is 1.05. The first-order valence-electron chi connectivity index (χ1n) is 6.10. The number of carboxylic acids is 1. The van der Waals surface area contributed by atoms with Gasteiger partial charge in [-0.05, 0) is 13.8 Å². The maximum Gasteiger partial charge on any atom is 0.342 e. The van der Waals surface area contributed by atoms with Gasteiger partial charge in [0, 0.05) is 19.2 Å². The smallest absolute Gasteiger partial charge is 0.342 e. The number of aromatic carboxylic acids is 1. The van der Waals surface area contributed by atoms with E-state index in [-0.39, 0.29) is 24.3 Å². The summed E-state index contributed by atoms with van der Waals surface area (Å²) in [7, 11) is 1.54. The molecule has 21 heavy (non-hydrogen) atoms. The SMILES string of the molecule is CC(C)NC(=O)CN(C)c1cc(C(=O)O)c([N+](=O)[O-])cn1. The van der Waals surface area contributed by atoms with Crippen molar-refractivity contribution in [3.8, 4) is 0 Å². The van der Waals surface area contributed by atoms with Gasteiger partial charge in [0.15, 0.2) is 0 Å². The number of aromatic nitrogens is 1. The summed E-state index contributed by atoms with van der Waals surface area (Å²) in [6.45, 7) is 3.58. The van der Waals surface area contributed by atoms with Crippen LogP contribution in [-0.2, 0) is 4.79 Å². The highest BCUT2D eigenvalue weighted by Crippen LogP contribution is 2.21. The summed E-state index contributed by atoms with van der Waals surface area (Å²) in [5.41, 5.74) is -1.06. The normalized spacial score (nSPS) is 10.3. The van der Waals surface area contributed by atoms with Crippen molar-refractivity contribution in [3.63, 3.8) is 0 Å². The zero-order valence-corrected chi connectivity index (χ0v) is 11.9. The number of carbonyl (C=O) groups is 2. The maximum absolute atomic E-state index is 11.6. The Kier molecular flexibility index (Phi) is 5.17. The van der Waals surface area contributed by atoms with Crippen molar-refractivity contribution >= 4 is 23.4 Å². The van der Waals surface area contributed by atoms with Crippen LogP contribution >= 0.6 is 0 Å². The lowest BCUT2D eigenvalue weighted by atomic mass is 10.2. The van der Waals surface area contributed by atoms with E-state index in [2.05, 4.69) is 10.3 Å². The predicted molar refractivity (Wildman–Crippen MR) is 74.4 cm³/mol. The predicted octanol–water partition coefficient (Wildman–Crippen LogP) is 0.649. The monoisotopic (exact) mass is 296 g/mol. The van der Waals surface area contributed by atoms with E-state index in [1.807, 2.05) is 13.8 Å². The molecule has 0 saturated heterocycles. The topological polar surface area (TPSA) is 126 Å². The van der Waals surface area contributed by atoms with Gasteiger partial charge in [0.05, 0.1) is 11.5 Å². The lowest BCUT2D eigenvalue weighted by Crippen LogP contribution is -2.38. The van der Waals surface area contributed by atoms with Gasteiger partial charge in [0.25, 0.3) is 0 Å².